The summed E-state index contributed by atoms with van der Waals surface area (Å²) >= 11 is 0. The van der Waals surface area contributed by atoms with E-state index in [1.807, 2.05) is 6.92 Å². The highest BCUT2D eigenvalue weighted by molar-refractivity contribution is 5.69. The van der Waals surface area contributed by atoms with E-state index in [4.69, 9.17) is 14.6 Å². The predicted molar refractivity (Wildman–Crippen MR) is 85.0 cm³/mol. The van der Waals surface area contributed by atoms with Gasteiger partial charge in [0.25, 0.3) is 0 Å². The number of carbonyl (C=O) groups excluding carboxylic acids is 1. The van der Waals surface area contributed by atoms with E-state index in [0.29, 0.717) is 19.3 Å². The van der Waals surface area contributed by atoms with E-state index in [9.17, 15) is 14.7 Å². The molecule has 0 radical (unpaired) electrons. The van der Waals surface area contributed by atoms with Crippen LogP contribution in [-0.2, 0) is 19.1 Å². The minimum atomic E-state index is -0.830. The number of hydrogen-bond acceptors (Lipinski definition) is 5. The van der Waals surface area contributed by atoms with Gasteiger partial charge in [-0.3, -0.25) is 9.59 Å². The van der Waals surface area contributed by atoms with Gasteiger partial charge in [0.2, 0.25) is 0 Å². The zero-order valence-corrected chi connectivity index (χ0v) is 14.2. The number of carboxylic acid groups (broad SMARTS) is 1. The van der Waals surface area contributed by atoms with Crippen LogP contribution in [0.2, 0.25) is 0 Å². The standard InChI is InChI=1S/C17H30O6/c1-3-5-6-7-16(20)23-14-11-22-13(17(14)21)10-12(4-2)8-9-15(18)19/h12-14,17,21H,3-11H2,1-2H3,(H,18,19)/t12?,13-,14-,17+/m1/s1. The van der Waals surface area contributed by atoms with Gasteiger partial charge in [0.15, 0.2) is 6.10 Å². The molecule has 0 aromatic heterocycles. The molecule has 134 valence electrons. The summed E-state index contributed by atoms with van der Waals surface area (Å²) in [4.78, 5) is 22.4. The van der Waals surface area contributed by atoms with Crippen LogP contribution in [0.4, 0.5) is 0 Å². The summed E-state index contributed by atoms with van der Waals surface area (Å²) < 4.78 is 10.9. The molecule has 1 unspecified atom stereocenters. The first-order chi connectivity index (χ1) is 11.0. The van der Waals surface area contributed by atoms with Crippen LogP contribution in [0.3, 0.4) is 0 Å². The van der Waals surface area contributed by atoms with Crippen molar-refractivity contribution in [3.8, 4) is 0 Å². The zero-order valence-electron chi connectivity index (χ0n) is 14.2. The molecule has 0 saturated carbocycles. The Bertz CT molecular complexity index is 370. The minimum Gasteiger partial charge on any atom is -0.481 e. The summed E-state index contributed by atoms with van der Waals surface area (Å²) in [5.74, 6) is -0.912. The van der Waals surface area contributed by atoms with Gasteiger partial charge < -0.3 is 19.7 Å². The Labute approximate surface area is 138 Å². The summed E-state index contributed by atoms with van der Waals surface area (Å²) in [5.41, 5.74) is 0. The van der Waals surface area contributed by atoms with Gasteiger partial charge in [0.05, 0.1) is 12.7 Å². The predicted octanol–water partition coefficient (Wildman–Crippen LogP) is 2.52. The van der Waals surface area contributed by atoms with Crippen molar-refractivity contribution >= 4 is 11.9 Å². The van der Waals surface area contributed by atoms with Crippen LogP contribution in [-0.4, -0.2) is 47.1 Å². The summed E-state index contributed by atoms with van der Waals surface area (Å²) in [5, 5.41) is 19.0. The third kappa shape index (κ3) is 7.31. The monoisotopic (exact) mass is 330 g/mol. The normalized spacial score (nSPS) is 25.3. The molecule has 6 nitrogen and oxygen atoms in total. The Kier molecular flexibility index (Phi) is 9.17. The van der Waals surface area contributed by atoms with Crippen molar-refractivity contribution in [2.24, 2.45) is 5.92 Å². The molecule has 1 rings (SSSR count). The molecule has 23 heavy (non-hydrogen) atoms. The van der Waals surface area contributed by atoms with Crippen molar-refractivity contribution in [3.05, 3.63) is 0 Å². The van der Waals surface area contributed by atoms with Crippen molar-refractivity contribution in [1.29, 1.82) is 0 Å². The highest BCUT2D eigenvalue weighted by Gasteiger charge is 2.39. The van der Waals surface area contributed by atoms with Crippen LogP contribution in [0.25, 0.3) is 0 Å². The van der Waals surface area contributed by atoms with E-state index in [1.54, 1.807) is 0 Å². The Hall–Kier alpha value is -1.14. The SMILES string of the molecule is CCCCCC(=O)O[C@@H]1CO[C@H](CC(CC)CCC(=O)O)[C@@H]1O. The molecule has 1 fully saturated rings. The largest absolute Gasteiger partial charge is 0.481 e. The van der Waals surface area contributed by atoms with Gasteiger partial charge in [0, 0.05) is 12.8 Å². The smallest absolute Gasteiger partial charge is 0.306 e. The molecule has 0 spiro atoms. The fraction of sp³-hybridized carbons (Fsp3) is 0.882. The van der Waals surface area contributed by atoms with Crippen LogP contribution in [0, 0.1) is 5.92 Å². The van der Waals surface area contributed by atoms with E-state index < -0.39 is 18.2 Å². The number of carbonyl (C=O) groups is 2. The van der Waals surface area contributed by atoms with E-state index in [1.165, 1.54) is 0 Å². The lowest BCUT2D eigenvalue weighted by Gasteiger charge is -2.22. The highest BCUT2D eigenvalue weighted by Crippen LogP contribution is 2.27. The Morgan fingerprint density at radius 1 is 1.26 bits per heavy atom. The number of esters is 1. The number of hydrogen-bond donors (Lipinski definition) is 2. The average Bonchev–Trinajstić information content (AvgIpc) is 2.84. The molecule has 0 amide bonds. The van der Waals surface area contributed by atoms with Crippen LogP contribution in [0.15, 0.2) is 0 Å². The summed E-state index contributed by atoms with van der Waals surface area (Å²) in [6.07, 6.45) is 3.50. The Morgan fingerprint density at radius 2 is 2.00 bits per heavy atom. The number of unbranched alkanes of at least 4 members (excludes halogenated alkanes) is 2. The Morgan fingerprint density at radius 3 is 2.61 bits per heavy atom. The molecular formula is C17H30O6. The molecule has 1 aliphatic rings. The zero-order chi connectivity index (χ0) is 17.2. The van der Waals surface area contributed by atoms with E-state index in [-0.39, 0.29) is 31.0 Å². The summed E-state index contributed by atoms with van der Waals surface area (Å²) in [7, 11) is 0. The molecule has 1 heterocycles. The number of aliphatic hydroxyl groups is 1. The molecule has 0 aromatic carbocycles. The topological polar surface area (TPSA) is 93.1 Å². The summed E-state index contributed by atoms with van der Waals surface area (Å²) in [6, 6.07) is 0. The third-order valence-electron chi connectivity index (χ3n) is 4.41. The lowest BCUT2D eigenvalue weighted by Crippen LogP contribution is -2.34. The van der Waals surface area contributed by atoms with Crippen molar-refractivity contribution in [1.82, 2.24) is 0 Å². The maximum Gasteiger partial charge on any atom is 0.306 e. The van der Waals surface area contributed by atoms with Crippen LogP contribution in [0.1, 0.15) is 65.2 Å². The third-order valence-corrected chi connectivity index (χ3v) is 4.41. The Balaban J connectivity index is 2.37. The van der Waals surface area contributed by atoms with Crippen molar-refractivity contribution in [2.75, 3.05) is 6.61 Å². The van der Waals surface area contributed by atoms with Crippen molar-refractivity contribution in [2.45, 2.75) is 83.5 Å². The number of aliphatic carboxylic acids is 1. The maximum atomic E-state index is 11.7. The molecule has 6 heteroatoms. The molecule has 2 N–H and O–H groups in total. The first-order valence-electron chi connectivity index (χ1n) is 8.68. The van der Waals surface area contributed by atoms with Crippen molar-refractivity contribution < 1.29 is 29.3 Å². The second-order valence-electron chi connectivity index (χ2n) is 6.29. The second kappa shape index (κ2) is 10.6. The maximum absolute atomic E-state index is 11.7. The molecule has 4 atom stereocenters. The van der Waals surface area contributed by atoms with Gasteiger partial charge in [-0.15, -0.1) is 0 Å². The molecule has 0 aliphatic carbocycles. The number of rotatable bonds is 11. The van der Waals surface area contributed by atoms with Gasteiger partial charge >= 0.3 is 11.9 Å². The van der Waals surface area contributed by atoms with Gasteiger partial charge in [-0.05, 0) is 25.2 Å². The molecule has 0 aromatic rings. The van der Waals surface area contributed by atoms with Crippen LogP contribution < -0.4 is 0 Å². The van der Waals surface area contributed by atoms with Gasteiger partial charge in [0.1, 0.15) is 6.10 Å². The van der Waals surface area contributed by atoms with Crippen LogP contribution in [0.5, 0.6) is 0 Å². The fourth-order valence-corrected chi connectivity index (χ4v) is 2.86. The summed E-state index contributed by atoms with van der Waals surface area (Å²) in [6.45, 7) is 4.28. The average molecular weight is 330 g/mol. The minimum absolute atomic E-state index is 0.122. The van der Waals surface area contributed by atoms with E-state index >= 15 is 0 Å². The first kappa shape index (κ1) is 19.9. The number of aliphatic hydroxyl groups excluding tert-OH is 1. The van der Waals surface area contributed by atoms with Crippen LogP contribution >= 0.6 is 0 Å². The van der Waals surface area contributed by atoms with Gasteiger partial charge in [-0.1, -0.05) is 33.1 Å². The molecule has 1 aliphatic heterocycles. The van der Waals surface area contributed by atoms with E-state index in [2.05, 4.69) is 6.92 Å². The molecule has 0 bridgehead atoms. The molecular weight excluding hydrogens is 300 g/mol. The highest BCUT2D eigenvalue weighted by atomic mass is 16.6. The lowest BCUT2D eigenvalue weighted by molar-refractivity contribution is -0.153. The second-order valence-corrected chi connectivity index (χ2v) is 6.29. The quantitative estimate of drug-likeness (QED) is 0.447. The molecule has 1 saturated heterocycles. The van der Waals surface area contributed by atoms with Gasteiger partial charge in [-0.25, -0.2) is 0 Å². The van der Waals surface area contributed by atoms with Gasteiger partial charge in [-0.2, -0.15) is 0 Å². The number of ether oxygens (including phenoxy) is 2. The fourth-order valence-electron chi connectivity index (χ4n) is 2.86. The lowest BCUT2D eigenvalue weighted by atomic mass is 9.91. The number of carboxylic acids is 1. The van der Waals surface area contributed by atoms with Crippen molar-refractivity contribution in [3.63, 3.8) is 0 Å². The van der Waals surface area contributed by atoms with E-state index in [0.717, 1.165) is 25.7 Å². The first-order valence-corrected chi connectivity index (χ1v) is 8.68.